The Morgan fingerprint density at radius 2 is 1.46 bits per heavy atom. The molecule has 0 radical (unpaired) electrons. The maximum absolute atomic E-state index is 12.9. The molecule has 140 valence electrons. The Bertz CT molecular complexity index is 989. The second-order valence-corrected chi connectivity index (χ2v) is 6.76. The normalized spacial score (nSPS) is 16.3. The molecule has 4 rings (SSSR count). The van der Waals surface area contributed by atoms with Gasteiger partial charge >= 0.3 is 0 Å². The molecule has 2 aliphatic heterocycles. The van der Waals surface area contributed by atoms with Gasteiger partial charge in [-0.15, -0.1) is 0 Å². The zero-order valence-electron chi connectivity index (χ0n) is 15.1. The van der Waals surface area contributed by atoms with Gasteiger partial charge in [-0.3, -0.25) is 24.1 Å². The number of nitrogens with one attached hydrogen (secondary N) is 1. The van der Waals surface area contributed by atoms with Crippen molar-refractivity contribution in [1.82, 2.24) is 10.2 Å². The average Bonchev–Trinajstić information content (AvgIpc) is 2.97. The van der Waals surface area contributed by atoms with Gasteiger partial charge in [-0.05, 0) is 18.6 Å². The van der Waals surface area contributed by atoms with Gasteiger partial charge in [-0.2, -0.15) is 0 Å². The number of amides is 3. The Hall–Kier alpha value is -3.54. The van der Waals surface area contributed by atoms with Crippen LogP contribution >= 0.6 is 0 Å². The third kappa shape index (κ3) is 3.13. The highest BCUT2D eigenvalue weighted by molar-refractivity contribution is 6.21. The first-order valence-electron chi connectivity index (χ1n) is 9.13. The molecule has 0 aliphatic carbocycles. The quantitative estimate of drug-likeness (QED) is 0.644. The minimum Gasteiger partial charge on any atom is -0.329 e. The molecule has 3 amide bonds. The molecule has 28 heavy (non-hydrogen) atoms. The maximum atomic E-state index is 12.9. The van der Waals surface area contributed by atoms with Crippen LogP contribution in [0, 0.1) is 0 Å². The number of Topliss-reactive ketones (excluding diaryl/α,β-unsaturated/α-hetero) is 1. The monoisotopic (exact) mass is 374 g/mol. The van der Waals surface area contributed by atoms with Crippen LogP contribution in [0.1, 0.15) is 50.3 Å². The number of rotatable bonds is 5. The molecule has 6 nitrogen and oxygen atoms in total. The first-order valence-corrected chi connectivity index (χ1v) is 9.13. The van der Waals surface area contributed by atoms with Crippen LogP contribution in [0.3, 0.4) is 0 Å². The Morgan fingerprint density at radius 3 is 2.11 bits per heavy atom. The predicted octanol–water partition coefficient (Wildman–Crippen LogP) is 2.72. The van der Waals surface area contributed by atoms with E-state index in [9.17, 15) is 19.2 Å². The number of carbonyl (C=O) groups excluding carboxylic acids is 4. The SMILES string of the molecule is O=C1CCC(C(=O)c2ccccc2)=C(CCN2C(=O)c3ccccc3C2=O)N1. The molecule has 0 saturated carbocycles. The van der Waals surface area contributed by atoms with E-state index in [1.54, 1.807) is 48.5 Å². The summed E-state index contributed by atoms with van der Waals surface area (Å²) in [6.45, 7) is 0.105. The van der Waals surface area contributed by atoms with Gasteiger partial charge in [-0.1, -0.05) is 42.5 Å². The summed E-state index contributed by atoms with van der Waals surface area (Å²) in [6.07, 6.45) is 0.812. The molecule has 6 heteroatoms. The van der Waals surface area contributed by atoms with Crippen molar-refractivity contribution in [3.63, 3.8) is 0 Å². The van der Waals surface area contributed by atoms with Crippen LogP contribution in [0.4, 0.5) is 0 Å². The molecule has 0 spiro atoms. The van der Waals surface area contributed by atoms with E-state index >= 15 is 0 Å². The lowest BCUT2D eigenvalue weighted by Gasteiger charge is -2.22. The molecule has 0 unspecified atom stereocenters. The van der Waals surface area contributed by atoms with Crippen LogP contribution in [-0.2, 0) is 4.79 Å². The molecule has 2 aromatic carbocycles. The van der Waals surface area contributed by atoms with Crippen LogP contribution in [0.25, 0.3) is 0 Å². The smallest absolute Gasteiger partial charge is 0.261 e. The van der Waals surface area contributed by atoms with Crippen LogP contribution in [0.15, 0.2) is 65.9 Å². The molecule has 2 heterocycles. The summed E-state index contributed by atoms with van der Waals surface area (Å²) < 4.78 is 0. The summed E-state index contributed by atoms with van der Waals surface area (Å²) in [5, 5.41) is 2.76. The van der Waals surface area contributed by atoms with E-state index in [0.29, 0.717) is 34.4 Å². The van der Waals surface area contributed by atoms with Gasteiger partial charge in [-0.25, -0.2) is 0 Å². The summed E-state index contributed by atoms with van der Waals surface area (Å²) in [7, 11) is 0. The van der Waals surface area contributed by atoms with Crippen molar-refractivity contribution >= 4 is 23.5 Å². The molecule has 0 bridgehead atoms. The molecule has 2 aliphatic rings. The van der Waals surface area contributed by atoms with Gasteiger partial charge in [0.15, 0.2) is 5.78 Å². The number of ketones is 1. The Balaban J connectivity index is 1.57. The first kappa shape index (κ1) is 17.9. The van der Waals surface area contributed by atoms with Crippen LogP contribution < -0.4 is 5.32 Å². The van der Waals surface area contributed by atoms with E-state index in [1.165, 1.54) is 4.90 Å². The molecule has 1 N–H and O–H groups in total. The summed E-state index contributed by atoms with van der Waals surface area (Å²) >= 11 is 0. The van der Waals surface area contributed by atoms with Gasteiger partial charge in [0.1, 0.15) is 0 Å². The number of hydrogen-bond acceptors (Lipinski definition) is 4. The topological polar surface area (TPSA) is 83.6 Å². The summed E-state index contributed by atoms with van der Waals surface area (Å²) in [5.74, 6) is -1.00. The van der Waals surface area contributed by atoms with Crippen molar-refractivity contribution in [2.24, 2.45) is 0 Å². The minimum atomic E-state index is -0.348. The lowest BCUT2D eigenvalue weighted by Crippen LogP contribution is -2.35. The number of hydrogen-bond donors (Lipinski definition) is 1. The van der Waals surface area contributed by atoms with Gasteiger partial charge < -0.3 is 5.32 Å². The second-order valence-electron chi connectivity index (χ2n) is 6.76. The van der Waals surface area contributed by atoms with E-state index in [2.05, 4.69) is 5.32 Å². The van der Waals surface area contributed by atoms with Gasteiger partial charge in [0, 0.05) is 36.2 Å². The van der Waals surface area contributed by atoms with Gasteiger partial charge in [0.2, 0.25) is 5.91 Å². The average molecular weight is 374 g/mol. The number of benzene rings is 2. The number of imide groups is 1. The van der Waals surface area contributed by atoms with E-state index in [0.717, 1.165) is 0 Å². The van der Waals surface area contributed by atoms with Crippen molar-refractivity contribution in [3.8, 4) is 0 Å². The molecule has 0 saturated heterocycles. The number of nitrogens with zero attached hydrogens (tertiary/aromatic N) is 1. The minimum absolute atomic E-state index is 0.105. The van der Waals surface area contributed by atoms with E-state index in [-0.39, 0.29) is 42.9 Å². The fourth-order valence-corrected chi connectivity index (χ4v) is 3.59. The highest BCUT2D eigenvalue weighted by Gasteiger charge is 2.35. The Labute approximate surface area is 161 Å². The molecule has 0 aromatic heterocycles. The molecular formula is C22H18N2O4. The van der Waals surface area contributed by atoms with Crippen LogP contribution in [0.5, 0.6) is 0 Å². The molecule has 0 fully saturated rings. The molecule has 0 atom stereocenters. The van der Waals surface area contributed by atoms with Crippen molar-refractivity contribution in [2.45, 2.75) is 19.3 Å². The maximum Gasteiger partial charge on any atom is 0.261 e. The van der Waals surface area contributed by atoms with Gasteiger partial charge in [0.05, 0.1) is 11.1 Å². The van der Waals surface area contributed by atoms with Crippen molar-refractivity contribution < 1.29 is 19.2 Å². The third-order valence-electron chi connectivity index (χ3n) is 5.03. The largest absolute Gasteiger partial charge is 0.329 e. The fourth-order valence-electron chi connectivity index (χ4n) is 3.59. The number of fused-ring (bicyclic) bond motifs is 1. The Morgan fingerprint density at radius 1 is 0.857 bits per heavy atom. The number of allylic oxidation sites excluding steroid dienone is 1. The first-order chi connectivity index (χ1) is 13.6. The van der Waals surface area contributed by atoms with Crippen LogP contribution in [-0.4, -0.2) is 34.9 Å². The summed E-state index contributed by atoms with van der Waals surface area (Å²) in [6, 6.07) is 15.5. The molecule has 2 aromatic rings. The fraction of sp³-hybridized carbons (Fsp3) is 0.182. The van der Waals surface area contributed by atoms with Crippen LogP contribution in [0.2, 0.25) is 0 Å². The molecular weight excluding hydrogens is 356 g/mol. The lowest BCUT2D eigenvalue weighted by atomic mass is 9.93. The standard InChI is InChI=1S/C22H18N2O4/c25-19-11-10-17(20(26)14-6-2-1-3-7-14)18(23-19)12-13-24-21(27)15-8-4-5-9-16(15)22(24)28/h1-9H,10-13H2,(H,23,25). The van der Waals surface area contributed by atoms with Crippen molar-refractivity contribution in [3.05, 3.63) is 82.6 Å². The third-order valence-corrected chi connectivity index (χ3v) is 5.03. The summed E-state index contributed by atoms with van der Waals surface area (Å²) in [5.41, 5.74) is 2.33. The predicted molar refractivity (Wildman–Crippen MR) is 102 cm³/mol. The van der Waals surface area contributed by atoms with Crippen molar-refractivity contribution in [2.75, 3.05) is 6.54 Å². The lowest BCUT2D eigenvalue weighted by molar-refractivity contribution is -0.120. The highest BCUT2D eigenvalue weighted by atomic mass is 16.2. The van der Waals surface area contributed by atoms with Crippen molar-refractivity contribution in [1.29, 1.82) is 0 Å². The highest BCUT2D eigenvalue weighted by Crippen LogP contribution is 2.26. The van der Waals surface area contributed by atoms with Gasteiger partial charge in [0.25, 0.3) is 11.8 Å². The second kappa shape index (κ2) is 7.23. The Kier molecular flexibility index (Phi) is 4.61. The number of carbonyl (C=O) groups is 4. The van der Waals surface area contributed by atoms with E-state index in [1.807, 2.05) is 6.07 Å². The zero-order valence-corrected chi connectivity index (χ0v) is 15.1. The van der Waals surface area contributed by atoms with E-state index in [4.69, 9.17) is 0 Å². The summed E-state index contributed by atoms with van der Waals surface area (Å²) in [4.78, 5) is 50.9. The zero-order chi connectivity index (χ0) is 19.7. The van der Waals surface area contributed by atoms with E-state index < -0.39 is 0 Å².